The predicted molar refractivity (Wildman–Crippen MR) is 79.1 cm³/mol. The molecule has 1 aromatic heterocycles. The maximum Gasteiger partial charge on any atom is 0.142 e. The van der Waals surface area contributed by atoms with E-state index in [1.165, 1.54) is 5.56 Å². The number of benzene rings is 1. The lowest BCUT2D eigenvalue weighted by atomic mass is 10.2. The fourth-order valence-electron chi connectivity index (χ4n) is 1.93. The lowest BCUT2D eigenvalue weighted by molar-refractivity contribution is 0.110. The summed E-state index contributed by atoms with van der Waals surface area (Å²) in [6, 6.07) is 12.1. The minimum atomic E-state index is 0.687. The molecule has 0 N–H and O–H groups in total. The van der Waals surface area contributed by atoms with Crippen LogP contribution in [0.2, 0.25) is 0 Å². The fourth-order valence-corrected chi connectivity index (χ4v) is 1.93. The molecule has 0 unspecified atom stereocenters. The highest BCUT2D eigenvalue weighted by molar-refractivity contribution is 5.13. The molecule has 0 amide bonds. The summed E-state index contributed by atoms with van der Waals surface area (Å²) in [7, 11) is 2.08. The second-order valence-electron chi connectivity index (χ2n) is 4.79. The van der Waals surface area contributed by atoms with Gasteiger partial charge < -0.3 is 4.74 Å². The number of hydrogen-bond acceptors (Lipinski definition) is 4. The first-order chi connectivity index (χ1) is 9.84. The van der Waals surface area contributed by atoms with Gasteiger partial charge in [0.15, 0.2) is 0 Å². The van der Waals surface area contributed by atoms with Crippen molar-refractivity contribution in [2.45, 2.75) is 19.6 Å². The quantitative estimate of drug-likeness (QED) is 0.691. The Balaban J connectivity index is 1.57. The van der Waals surface area contributed by atoms with Crippen LogP contribution >= 0.6 is 0 Å². The molecular weight excluding hydrogens is 250 g/mol. The van der Waals surface area contributed by atoms with E-state index in [1.807, 2.05) is 24.3 Å². The summed E-state index contributed by atoms with van der Waals surface area (Å²) in [5.41, 5.74) is 1.22. The van der Waals surface area contributed by atoms with Gasteiger partial charge in [-0.1, -0.05) is 30.3 Å². The van der Waals surface area contributed by atoms with Crippen LogP contribution in [0.25, 0.3) is 0 Å². The van der Waals surface area contributed by atoms with Gasteiger partial charge in [-0.05, 0) is 25.1 Å². The van der Waals surface area contributed by atoms with Crippen LogP contribution in [-0.2, 0) is 17.9 Å². The molecule has 0 atom stereocenters. The molecule has 106 valence electrons. The Morgan fingerprint density at radius 1 is 1.05 bits per heavy atom. The Labute approximate surface area is 120 Å². The highest BCUT2D eigenvalue weighted by Gasteiger charge is 2.01. The molecule has 0 aliphatic rings. The maximum absolute atomic E-state index is 5.66. The van der Waals surface area contributed by atoms with Crippen molar-refractivity contribution in [1.82, 2.24) is 14.9 Å². The number of ether oxygens (including phenoxy) is 1. The van der Waals surface area contributed by atoms with Crippen LogP contribution < -0.4 is 0 Å². The molecular formula is C16H21N3O. The van der Waals surface area contributed by atoms with E-state index in [-0.39, 0.29) is 0 Å². The number of nitrogens with zero attached hydrogens (tertiary/aromatic N) is 3. The van der Waals surface area contributed by atoms with Crippen LogP contribution in [0, 0.1) is 0 Å². The molecule has 20 heavy (non-hydrogen) atoms. The minimum absolute atomic E-state index is 0.687. The van der Waals surface area contributed by atoms with Crippen molar-refractivity contribution in [3.63, 3.8) is 0 Å². The van der Waals surface area contributed by atoms with Gasteiger partial charge in [-0.15, -0.1) is 0 Å². The first kappa shape index (κ1) is 14.6. The van der Waals surface area contributed by atoms with Crippen LogP contribution in [0.15, 0.2) is 48.8 Å². The number of aromatic nitrogens is 2. The van der Waals surface area contributed by atoms with Crippen molar-refractivity contribution in [3.8, 4) is 0 Å². The van der Waals surface area contributed by atoms with E-state index in [0.29, 0.717) is 6.61 Å². The zero-order valence-electron chi connectivity index (χ0n) is 11.9. The average Bonchev–Trinajstić information content (AvgIpc) is 2.49. The molecule has 0 spiro atoms. The second-order valence-corrected chi connectivity index (χ2v) is 4.79. The van der Waals surface area contributed by atoms with Gasteiger partial charge in [0.1, 0.15) is 5.82 Å². The van der Waals surface area contributed by atoms with E-state index in [0.717, 1.165) is 31.9 Å². The van der Waals surface area contributed by atoms with Crippen LogP contribution in [0.3, 0.4) is 0 Å². The third-order valence-corrected chi connectivity index (χ3v) is 2.97. The Kier molecular flexibility index (Phi) is 6.14. The smallest absolute Gasteiger partial charge is 0.142 e. The van der Waals surface area contributed by atoms with E-state index >= 15 is 0 Å². The Hall–Kier alpha value is -1.78. The highest BCUT2D eigenvalue weighted by atomic mass is 16.5. The Morgan fingerprint density at radius 2 is 1.80 bits per heavy atom. The van der Waals surface area contributed by atoms with Crippen molar-refractivity contribution in [1.29, 1.82) is 0 Å². The second kappa shape index (κ2) is 8.40. The standard InChI is InChI=1S/C16H21N3O/c1-19(13-16-17-9-5-10-18-16)11-6-12-20-14-15-7-3-2-4-8-15/h2-5,7-10H,6,11-14H2,1H3. The topological polar surface area (TPSA) is 38.2 Å². The molecule has 0 bridgehead atoms. The van der Waals surface area contributed by atoms with Crippen molar-refractivity contribution in [2.24, 2.45) is 0 Å². The van der Waals surface area contributed by atoms with Crippen LogP contribution in [0.1, 0.15) is 17.8 Å². The zero-order valence-corrected chi connectivity index (χ0v) is 11.9. The van der Waals surface area contributed by atoms with Crippen molar-refractivity contribution >= 4 is 0 Å². The molecule has 4 nitrogen and oxygen atoms in total. The van der Waals surface area contributed by atoms with Crippen molar-refractivity contribution < 1.29 is 4.74 Å². The summed E-state index contributed by atoms with van der Waals surface area (Å²) in [6.45, 7) is 3.22. The van der Waals surface area contributed by atoms with Gasteiger partial charge in [-0.25, -0.2) is 9.97 Å². The van der Waals surface area contributed by atoms with E-state index in [1.54, 1.807) is 12.4 Å². The van der Waals surface area contributed by atoms with E-state index < -0.39 is 0 Å². The zero-order chi connectivity index (χ0) is 14.0. The Bertz CT molecular complexity index is 476. The van der Waals surface area contributed by atoms with Crippen LogP contribution in [0.4, 0.5) is 0 Å². The van der Waals surface area contributed by atoms with Crippen LogP contribution in [-0.4, -0.2) is 35.1 Å². The molecule has 0 fully saturated rings. The molecule has 0 saturated carbocycles. The van der Waals surface area contributed by atoms with Gasteiger partial charge in [0, 0.05) is 25.5 Å². The summed E-state index contributed by atoms with van der Waals surface area (Å²) in [4.78, 5) is 10.6. The molecule has 2 rings (SSSR count). The Morgan fingerprint density at radius 3 is 2.55 bits per heavy atom. The molecule has 4 heteroatoms. The van der Waals surface area contributed by atoms with Gasteiger partial charge in [0.05, 0.1) is 13.2 Å². The summed E-state index contributed by atoms with van der Waals surface area (Å²) < 4.78 is 5.66. The van der Waals surface area contributed by atoms with E-state index in [2.05, 4.69) is 34.0 Å². The number of hydrogen-bond donors (Lipinski definition) is 0. The predicted octanol–water partition coefficient (Wildman–Crippen LogP) is 2.52. The molecule has 0 aliphatic carbocycles. The summed E-state index contributed by atoms with van der Waals surface area (Å²) in [5.74, 6) is 0.861. The third-order valence-electron chi connectivity index (χ3n) is 2.97. The van der Waals surface area contributed by atoms with Gasteiger partial charge >= 0.3 is 0 Å². The van der Waals surface area contributed by atoms with Crippen molar-refractivity contribution in [2.75, 3.05) is 20.2 Å². The van der Waals surface area contributed by atoms with E-state index in [9.17, 15) is 0 Å². The van der Waals surface area contributed by atoms with Gasteiger partial charge in [0.25, 0.3) is 0 Å². The first-order valence-corrected chi connectivity index (χ1v) is 6.91. The molecule has 1 heterocycles. The lowest BCUT2D eigenvalue weighted by Crippen LogP contribution is -2.21. The molecule has 0 radical (unpaired) electrons. The highest BCUT2D eigenvalue weighted by Crippen LogP contribution is 2.01. The average molecular weight is 271 g/mol. The van der Waals surface area contributed by atoms with Gasteiger partial charge in [-0.3, -0.25) is 4.90 Å². The van der Waals surface area contributed by atoms with Gasteiger partial charge in [0.2, 0.25) is 0 Å². The maximum atomic E-state index is 5.66. The molecule has 1 aromatic carbocycles. The van der Waals surface area contributed by atoms with Crippen LogP contribution in [0.5, 0.6) is 0 Å². The van der Waals surface area contributed by atoms with E-state index in [4.69, 9.17) is 4.74 Å². The summed E-state index contributed by atoms with van der Waals surface area (Å²) >= 11 is 0. The molecule has 0 aliphatic heterocycles. The molecule has 2 aromatic rings. The number of rotatable bonds is 8. The summed E-state index contributed by atoms with van der Waals surface area (Å²) in [5, 5.41) is 0. The normalized spacial score (nSPS) is 10.9. The van der Waals surface area contributed by atoms with Gasteiger partial charge in [-0.2, -0.15) is 0 Å². The SMILES string of the molecule is CN(CCCOCc1ccccc1)Cc1ncccn1. The fraction of sp³-hybridized carbons (Fsp3) is 0.375. The summed E-state index contributed by atoms with van der Waals surface area (Å²) in [6.07, 6.45) is 4.56. The first-order valence-electron chi connectivity index (χ1n) is 6.91. The third kappa shape index (κ3) is 5.47. The minimum Gasteiger partial charge on any atom is -0.377 e. The monoisotopic (exact) mass is 271 g/mol. The molecule has 0 saturated heterocycles. The van der Waals surface area contributed by atoms with Crippen molar-refractivity contribution in [3.05, 3.63) is 60.2 Å². The lowest BCUT2D eigenvalue weighted by Gasteiger charge is -2.15. The largest absolute Gasteiger partial charge is 0.377 e.